The zero-order valence-corrected chi connectivity index (χ0v) is 60.6. The van der Waals surface area contributed by atoms with Crippen LogP contribution in [0.3, 0.4) is 0 Å². The summed E-state index contributed by atoms with van der Waals surface area (Å²) in [5, 5.41) is 24.3. The highest BCUT2D eigenvalue weighted by Crippen LogP contribution is 2.48. The van der Waals surface area contributed by atoms with Crippen LogP contribution in [0.5, 0.6) is 17.2 Å². The Morgan fingerprint density at radius 3 is 1.19 bits per heavy atom. The molecule has 0 atom stereocenters. The molecule has 3 aromatic carbocycles. The number of aldehydes is 1. The van der Waals surface area contributed by atoms with Gasteiger partial charge in [0, 0.05) is 105 Å². The minimum absolute atomic E-state index is 0.000807. The molecule has 0 saturated carbocycles. The summed E-state index contributed by atoms with van der Waals surface area (Å²) >= 11 is 6.25. The first-order valence-corrected chi connectivity index (χ1v) is 35.4. The molecule has 3 amide bonds. The third-order valence-electron chi connectivity index (χ3n) is 18.5. The maximum Gasteiger partial charge on any atom is 0.339 e. The number of aromatic nitrogens is 5. The number of aromatic carboxylic acids is 1. The lowest BCUT2D eigenvalue weighted by Gasteiger charge is -2.32. The predicted molar refractivity (Wildman–Crippen MR) is 386 cm³/mol. The van der Waals surface area contributed by atoms with Crippen molar-refractivity contribution in [1.29, 1.82) is 0 Å². The number of methoxy groups -OCH3 is 3. The highest BCUT2D eigenvalue weighted by Gasteiger charge is 2.37. The molecule has 0 aliphatic carbocycles. The SMILES string of the molecule is COc1cc2c(cc1C(=O)Cc1nncs1)-c1c(-c3cccs3)cc(C(=O)N(C)C(C)(C)C)n1CC2.COc1cc2c(cc1C(=O)O)-c1c(-c3cccs3)cc(C(=O)N(C)C(C)(C)C)n1CC2.COc1cc2c(cc1C=O)-c1c(-c3cccs3)cc(C(=O)N(C)C(C)(C)C)n1CC2. The Labute approximate surface area is 581 Å². The van der Waals surface area contributed by atoms with Gasteiger partial charge in [0.2, 0.25) is 0 Å². The molecule has 7 aromatic heterocycles. The van der Waals surface area contributed by atoms with Gasteiger partial charge in [0.15, 0.2) is 12.1 Å². The van der Waals surface area contributed by atoms with Gasteiger partial charge in [-0.05, 0) is 187 Å². The molecule has 3 aliphatic rings. The van der Waals surface area contributed by atoms with Gasteiger partial charge in [-0.1, -0.05) is 18.2 Å². The molecule has 22 heteroatoms. The van der Waals surface area contributed by atoms with Crippen molar-refractivity contribution >= 4 is 81.1 Å². The lowest BCUT2D eigenvalue weighted by Crippen LogP contribution is -2.43. The first kappa shape index (κ1) is 69.1. The second-order valence-electron chi connectivity index (χ2n) is 27.1. The molecule has 3 aliphatic heterocycles. The Balaban J connectivity index is 0.000000148. The van der Waals surface area contributed by atoms with Gasteiger partial charge < -0.3 is 47.7 Å². The van der Waals surface area contributed by atoms with Crippen LogP contribution in [0.15, 0.2) is 113 Å². The van der Waals surface area contributed by atoms with Gasteiger partial charge in [-0.15, -0.1) is 55.5 Å². The van der Waals surface area contributed by atoms with Gasteiger partial charge in [-0.3, -0.25) is 24.0 Å². The van der Waals surface area contributed by atoms with Gasteiger partial charge in [-0.2, -0.15) is 0 Å². The smallest absolute Gasteiger partial charge is 0.339 e. The number of Topliss-reactive ketones (excluding diaryl/α,β-unsaturated/α-hetero) is 1. The average Bonchev–Trinajstić information content (AvgIpc) is 1.63. The van der Waals surface area contributed by atoms with Crippen LogP contribution in [-0.2, 0) is 45.3 Å². The van der Waals surface area contributed by atoms with E-state index in [-0.39, 0.29) is 52.1 Å². The van der Waals surface area contributed by atoms with Crippen LogP contribution in [0, 0.1) is 0 Å². The number of thiophene rings is 3. The van der Waals surface area contributed by atoms with E-state index >= 15 is 0 Å². The van der Waals surface area contributed by atoms with E-state index in [4.69, 9.17) is 14.2 Å². The fraction of sp³-hybridized carbons (Fsp3) is 0.333. The van der Waals surface area contributed by atoms with E-state index in [0.29, 0.717) is 76.5 Å². The molecule has 10 heterocycles. The number of hydrogen-bond acceptors (Lipinski definition) is 15. The molecule has 97 heavy (non-hydrogen) atoms. The summed E-state index contributed by atoms with van der Waals surface area (Å²) in [7, 11) is 10.2. The fourth-order valence-corrected chi connectivity index (χ4v) is 15.1. The number of carbonyl (C=O) groups is 6. The molecule has 0 radical (unpaired) electrons. The van der Waals surface area contributed by atoms with Crippen LogP contribution >= 0.6 is 45.3 Å². The van der Waals surface area contributed by atoms with E-state index in [0.717, 1.165) is 101 Å². The number of amides is 3. The van der Waals surface area contributed by atoms with Crippen molar-refractivity contribution in [2.75, 3.05) is 42.5 Å². The Hall–Kier alpha value is -9.22. The summed E-state index contributed by atoms with van der Waals surface area (Å²) < 4.78 is 22.6. The first-order chi connectivity index (χ1) is 46.1. The monoisotopic (exact) mass is 1380 g/mol. The number of aryl methyl sites for hydroxylation is 3. The van der Waals surface area contributed by atoms with Gasteiger partial charge in [0.1, 0.15) is 50.4 Å². The number of ether oxygens (including phenoxy) is 3. The van der Waals surface area contributed by atoms with Crippen LogP contribution < -0.4 is 14.2 Å². The summed E-state index contributed by atoms with van der Waals surface area (Å²) in [4.78, 5) is 85.9. The van der Waals surface area contributed by atoms with Crippen LogP contribution in [0.4, 0.5) is 0 Å². The van der Waals surface area contributed by atoms with Crippen molar-refractivity contribution < 1.29 is 48.1 Å². The quantitative estimate of drug-likeness (QED) is 0.0799. The highest BCUT2D eigenvalue weighted by atomic mass is 32.1. The summed E-state index contributed by atoms with van der Waals surface area (Å²) in [5.41, 5.74) is 15.7. The summed E-state index contributed by atoms with van der Waals surface area (Å²) in [6.45, 7) is 20.2. The molecule has 1 N–H and O–H groups in total. The Morgan fingerprint density at radius 1 is 0.505 bits per heavy atom. The second-order valence-corrected chi connectivity index (χ2v) is 30.9. The maximum absolute atomic E-state index is 13.6. The van der Waals surface area contributed by atoms with E-state index in [1.165, 1.54) is 18.4 Å². The molecule has 13 rings (SSSR count). The van der Waals surface area contributed by atoms with Crippen LogP contribution in [0.2, 0.25) is 0 Å². The number of carboxylic acids is 1. The van der Waals surface area contributed by atoms with Crippen molar-refractivity contribution in [3.8, 4) is 82.3 Å². The molecule has 10 aromatic rings. The van der Waals surface area contributed by atoms with Crippen LogP contribution in [0.25, 0.3) is 65.1 Å². The summed E-state index contributed by atoms with van der Waals surface area (Å²) in [5.74, 6) is 0.325. The van der Waals surface area contributed by atoms with Crippen molar-refractivity contribution in [3.63, 3.8) is 0 Å². The summed E-state index contributed by atoms with van der Waals surface area (Å²) in [6, 6.07) is 29.4. The third kappa shape index (κ3) is 13.4. The minimum Gasteiger partial charge on any atom is -0.496 e. The number of carbonyl (C=O) groups excluding carboxylic acids is 5. The molecule has 0 unspecified atom stereocenters. The molecule has 504 valence electrons. The highest BCUT2D eigenvalue weighted by molar-refractivity contribution is 7.14. The molecule has 0 saturated heterocycles. The van der Waals surface area contributed by atoms with E-state index < -0.39 is 5.97 Å². The molecular formula is C75H80N8O10S4. The molecule has 0 bridgehead atoms. The predicted octanol–water partition coefficient (Wildman–Crippen LogP) is 15.7. The normalized spacial score (nSPS) is 12.8. The Bertz CT molecular complexity index is 4650. The maximum atomic E-state index is 13.6. The average molecular weight is 1380 g/mol. The Morgan fingerprint density at radius 2 is 0.866 bits per heavy atom. The van der Waals surface area contributed by atoms with Gasteiger partial charge in [0.05, 0.1) is 56.0 Å². The lowest BCUT2D eigenvalue weighted by atomic mass is 9.92. The summed E-state index contributed by atoms with van der Waals surface area (Å²) in [6.07, 6.45) is 3.19. The number of hydrogen-bond donors (Lipinski definition) is 1. The zero-order valence-electron chi connectivity index (χ0n) is 57.3. The van der Waals surface area contributed by atoms with Crippen molar-refractivity contribution in [2.45, 2.75) is 124 Å². The minimum atomic E-state index is -1.04. The van der Waals surface area contributed by atoms with Gasteiger partial charge in [-0.25, -0.2) is 4.79 Å². The standard InChI is InChI=1S/C27H28N4O3S2.C24H26N2O4S.C24H26N2O3S/c1-27(2,3)30(4)26(33)20-13-19(23-7-6-10-35-23)25-17-12-18(21(32)14-24-29-28-15-36-24)22(34-5)11-16(17)8-9-31(20)25;1-24(2,3)25(4)22(27)18-13-17(20-7-6-10-31-20)21-15-12-16(23(28)29)19(30-5)11-14(15)8-9-26(18)21;1-24(2,3)25(4)23(28)19-13-18(21-7-6-10-30-21)22-17-11-16(14-27)20(29-5)12-15(17)8-9-26(19)22/h6-7,10-13,15H,8-9,14H2,1-5H3;6-7,10-13H,8-9H2,1-5H3,(H,28,29);6-7,10-14H,8-9H2,1-5H3. The van der Waals surface area contributed by atoms with Crippen molar-refractivity contribution in [2.24, 2.45) is 0 Å². The number of rotatable bonds is 14. The third-order valence-corrected chi connectivity index (χ3v) is 21.9. The van der Waals surface area contributed by atoms with E-state index in [9.17, 15) is 33.9 Å². The zero-order chi connectivity index (χ0) is 69.7. The number of nitrogens with zero attached hydrogens (tertiary/aromatic N) is 8. The van der Waals surface area contributed by atoms with Gasteiger partial charge >= 0.3 is 5.97 Å². The number of benzene rings is 3. The number of carboxylic acid groups (broad SMARTS) is 1. The fourth-order valence-electron chi connectivity index (χ4n) is 12.4. The first-order valence-electron chi connectivity index (χ1n) is 31.9. The number of ketones is 1. The van der Waals surface area contributed by atoms with Crippen LogP contribution in [-0.4, -0.2) is 139 Å². The van der Waals surface area contributed by atoms with Crippen LogP contribution in [0.1, 0.15) is 147 Å². The van der Waals surface area contributed by atoms with E-state index in [2.05, 4.69) is 31.5 Å². The molecule has 0 spiro atoms. The van der Waals surface area contributed by atoms with Gasteiger partial charge in [0.25, 0.3) is 17.7 Å². The Kier molecular flexibility index (Phi) is 19.5. The second kappa shape index (κ2) is 27.4. The number of fused-ring (bicyclic) bond motifs is 9. The molecule has 0 fully saturated rings. The van der Waals surface area contributed by atoms with E-state index in [1.54, 1.807) is 74.5 Å². The molecule has 18 nitrogen and oxygen atoms in total. The topological polar surface area (TPSA) is 201 Å². The molecular weight excluding hydrogens is 1300 g/mol. The lowest BCUT2D eigenvalue weighted by molar-refractivity contribution is 0.0635. The van der Waals surface area contributed by atoms with Crippen molar-refractivity contribution in [3.05, 3.63) is 168 Å². The van der Waals surface area contributed by atoms with E-state index in [1.807, 2.05) is 177 Å². The van der Waals surface area contributed by atoms with Crippen molar-refractivity contribution in [1.82, 2.24) is 38.6 Å². The largest absolute Gasteiger partial charge is 0.496 e.